The molecule has 2 rings (SSSR count). The first-order chi connectivity index (χ1) is 9.34. The second-order valence-corrected chi connectivity index (χ2v) is 7.73. The van der Waals surface area contributed by atoms with Crippen LogP contribution in [-0.4, -0.2) is 25.7 Å². The molecule has 1 amide bonds. The van der Waals surface area contributed by atoms with Gasteiger partial charge in [0.1, 0.15) is 10.0 Å². The minimum atomic E-state index is -4.03. The predicted octanol–water partition coefficient (Wildman–Crippen LogP) is 3.00. The Morgan fingerprint density at radius 1 is 1.25 bits per heavy atom. The van der Waals surface area contributed by atoms with E-state index in [1.807, 2.05) is 0 Å². The molecule has 1 aromatic heterocycles. The van der Waals surface area contributed by atoms with Gasteiger partial charge >= 0.3 is 0 Å². The molecule has 2 aromatic rings. The van der Waals surface area contributed by atoms with Crippen molar-refractivity contribution in [3.8, 4) is 0 Å². The Labute approximate surface area is 124 Å². The first kappa shape index (κ1) is 15.0. The highest BCUT2D eigenvalue weighted by atomic mass is 35.5. The van der Waals surface area contributed by atoms with Gasteiger partial charge in [-0.2, -0.15) is 0 Å². The number of hydrogen-bond donors (Lipinski definition) is 0. The Bertz CT molecular complexity index is 758. The van der Waals surface area contributed by atoms with Crippen molar-refractivity contribution < 1.29 is 17.6 Å². The first-order valence-electron chi connectivity index (χ1n) is 5.37. The molecule has 20 heavy (non-hydrogen) atoms. The van der Waals surface area contributed by atoms with Gasteiger partial charge in [0.2, 0.25) is 0 Å². The van der Waals surface area contributed by atoms with Crippen molar-refractivity contribution in [2.45, 2.75) is 4.21 Å². The maximum atomic E-state index is 13.5. The summed E-state index contributed by atoms with van der Waals surface area (Å²) >= 11 is 6.51. The molecule has 0 fully saturated rings. The number of halogens is 2. The molecule has 4 nitrogen and oxygen atoms in total. The average Bonchev–Trinajstić information content (AvgIpc) is 2.85. The molecule has 0 atom stereocenters. The highest BCUT2D eigenvalue weighted by Gasteiger charge is 2.29. The van der Waals surface area contributed by atoms with E-state index in [9.17, 15) is 17.6 Å². The lowest BCUT2D eigenvalue weighted by molar-refractivity contribution is 0.0879. The van der Waals surface area contributed by atoms with Crippen molar-refractivity contribution in [3.63, 3.8) is 0 Å². The van der Waals surface area contributed by atoms with E-state index >= 15 is 0 Å². The van der Waals surface area contributed by atoms with E-state index in [-0.39, 0.29) is 14.1 Å². The number of sulfonamides is 1. The minimum Gasteiger partial charge on any atom is -0.268 e. The van der Waals surface area contributed by atoms with Crippen molar-refractivity contribution >= 4 is 38.9 Å². The van der Waals surface area contributed by atoms with E-state index < -0.39 is 21.7 Å². The molecule has 0 bridgehead atoms. The molecule has 106 valence electrons. The number of carbonyl (C=O) groups excluding carboxylic acids is 1. The van der Waals surface area contributed by atoms with Crippen molar-refractivity contribution in [2.75, 3.05) is 7.05 Å². The topological polar surface area (TPSA) is 54.5 Å². The Kier molecular flexibility index (Phi) is 4.12. The third kappa shape index (κ3) is 2.70. The van der Waals surface area contributed by atoms with Gasteiger partial charge in [-0.1, -0.05) is 23.7 Å². The molecule has 0 unspecified atom stereocenters. The van der Waals surface area contributed by atoms with Crippen molar-refractivity contribution in [1.82, 2.24) is 4.31 Å². The molecule has 1 heterocycles. The van der Waals surface area contributed by atoms with Crippen LogP contribution < -0.4 is 0 Å². The van der Waals surface area contributed by atoms with E-state index in [0.717, 1.165) is 24.5 Å². The fourth-order valence-corrected chi connectivity index (χ4v) is 4.25. The van der Waals surface area contributed by atoms with Gasteiger partial charge in [0.25, 0.3) is 15.9 Å². The summed E-state index contributed by atoms with van der Waals surface area (Å²) in [5, 5.41) is 0. The first-order valence-corrected chi connectivity index (χ1v) is 8.00. The van der Waals surface area contributed by atoms with Gasteiger partial charge in [-0.25, -0.2) is 17.1 Å². The lowest BCUT2D eigenvalue weighted by Gasteiger charge is -2.16. The number of benzene rings is 1. The summed E-state index contributed by atoms with van der Waals surface area (Å²) in [6.07, 6.45) is 0. The summed E-state index contributed by atoms with van der Waals surface area (Å²) in [5.74, 6) is -1.71. The van der Waals surface area contributed by atoms with E-state index in [1.54, 1.807) is 0 Å². The maximum absolute atomic E-state index is 13.5. The number of thiophene rings is 1. The van der Waals surface area contributed by atoms with Gasteiger partial charge in [-0.15, -0.1) is 11.3 Å². The van der Waals surface area contributed by atoms with Crippen LogP contribution in [0.15, 0.2) is 40.6 Å². The third-order valence-corrected chi connectivity index (χ3v) is 5.99. The number of amides is 1. The van der Waals surface area contributed by atoms with E-state index in [2.05, 4.69) is 0 Å². The van der Waals surface area contributed by atoms with Gasteiger partial charge in [0.15, 0.2) is 0 Å². The number of nitrogens with zero attached hydrogens (tertiary/aromatic N) is 1. The molecule has 0 saturated heterocycles. The quantitative estimate of drug-likeness (QED) is 0.867. The van der Waals surface area contributed by atoms with Gasteiger partial charge in [0, 0.05) is 7.05 Å². The van der Waals surface area contributed by atoms with Crippen molar-refractivity contribution in [3.05, 3.63) is 52.1 Å². The molecule has 0 saturated carbocycles. The van der Waals surface area contributed by atoms with Gasteiger partial charge in [-0.3, -0.25) is 4.79 Å². The van der Waals surface area contributed by atoms with Gasteiger partial charge in [0.05, 0.1) is 9.90 Å². The summed E-state index contributed by atoms with van der Waals surface area (Å²) < 4.78 is 38.7. The molecular weight excluding hydrogens is 325 g/mol. The molecule has 0 aliphatic rings. The van der Waals surface area contributed by atoms with Gasteiger partial charge < -0.3 is 0 Å². The summed E-state index contributed by atoms with van der Waals surface area (Å²) in [6.45, 7) is 0. The Morgan fingerprint density at radius 3 is 2.45 bits per heavy atom. The van der Waals surface area contributed by atoms with Crippen LogP contribution in [0.5, 0.6) is 0 Å². The van der Waals surface area contributed by atoms with Crippen LogP contribution in [-0.2, 0) is 10.0 Å². The number of hydrogen-bond acceptors (Lipinski definition) is 4. The molecule has 0 spiro atoms. The molecule has 0 aliphatic carbocycles. The van der Waals surface area contributed by atoms with Crippen LogP contribution in [0.1, 0.15) is 10.4 Å². The van der Waals surface area contributed by atoms with Crippen LogP contribution in [0.4, 0.5) is 4.39 Å². The Balaban J connectivity index is 2.39. The fourth-order valence-electron chi connectivity index (χ4n) is 1.48. The molecular formula is C12H9ClFNO3S2. The van der Waals surface area contributed by atoms with Gasteiger partial charge in [-0.05, 0) is 24.3 Å². The Hall–Kier alpha value is -1.44. The predicted molar refractivity (Wildman–Crippen MR) is 75.0 cm³/mol. The highest BCUT2D eigenvalue weighted by molar-refractivity contribution is 7.91. The minimum absolute atomic E-state index is 0.0744. The van der Waals surface area contributed by atoms with Crippen LogP contribution in [0.2, 0.25) is 4.34 Å². The SMILES string of the molecule is CN(C(=O)c1ccccc1F)S(=O)(=O)c1ccc(Cl)s1. The second kappa shape index (κ2) is 5.51. The zero-order chi connectivity index (χ0) is 14.9. The summed E-state index contributed by atoms with van der Waals surface area (Å²) in [6, 6.07) is 7.91. The Morgan fingerprint density at radius 2 is 1.90 bits per heavy atom. The summed E-state index contributed by atoms with van der Waals surface area (Å²) in [5.41, 5.74) is -0.304. The second-order valence-electron chi connectivity index (χ2n) is 3.82. The van der Waals surface area contributed by atoms with Crippen LogP contribution in [0, 0.1) is 5.82 Å². The zero-order valence-electron chi connectivity index (χ0n) is 10.2. The van der Waals surface area contributed by atoms with Crippen LogP contribution in [0.25, 0.3) is 0 Å². The number of rotatable bonds is 3. The zero-order valence-corrected chi connectivity index (χ0v) is 12.6. The lowest BCUT2D eigenvalue weighted by Crippen LogP contribution is -2.33. The monoisotopic (exact) mass is 333 g/mol. The average molecular weight is 334 g/mol. The summed E-state index contributed by atoms with van der Waals surface area (Å²) in [7, 11) is -2.95. The largest absolute Gasteiger partial charge is 0.276 e. The molecule has 1 aromatic carbocycles. The van der Waals surface area contributed by atoms with Crippen LogP contribution in [0.3, 0.4) is 0 Å². The van der Waals surface area contributed by atoms with E-state index in [1.165, 1.54) is 30.3 Å². The standard InChI is InChI=1S/C12H9ClFNO3S2/c1-15(12(16)8-4-2-3-5-9(8)14)20(17,18)11-7-6-10(13)19-11/h2-7H,1H3. The normalized spacial score (nSPS) is 11.3. The third-order valence-electron chi connectivity index (χ3n) is 2.55. The van der Waals surface area contributed by atoms with E-state index in [4.69, 9.17) is 11.6 Å². The van der Waals surface area contributed by atoms with Crippen molar-refractivity contribution in [2.24, 2.45) is 0 Å². The number of carbonyl (C=O) groups is 1. The maximum Gasteiger partial charge on any atom is 0.276 e. The fraction of sp³-hybridized carbons (Fsp3) is 0.0833. The summed E-state index contributed by atoms with van der Waals surface area (Å²) in [4.78, 5) is 12.1. The molecule has 0 N–H and O–H groups in total. The van der Waals surface area contributed by atoms with Crippen molar-refractivity contribution in [1.29, 1.82) is 0 Å². The highest BCUT2D eigenvalue weighted by Crippen LogP contribution is 2.28. The molecule has 8 heteroatoms. The lowest BCUT2D eigenvalue weighted by atomic mass is 10.2. The van der Waals surface area contributed by atoms with E-state index in [0.29, 0.717) is 4.31 Å². The molecule has 0 radical (unpaired) electrons. The van der Waals surface area contributed by atoms with Crippen LogP contribution >= 0.6 is 22.9 Å². The molecule has 0 aliphatic heterocycles. The smallest absolute Gasteiger partial charge is 0.268 e.